The number of carbonyl (C=O) groups excluding carboxylic acids is 1. The predicted molar refractivity (Wildman–Crippen MR) is 120 cm³/mol. The van der Waals surface area contributed by atoms with Gasteiger partial charge in [-0.2, -0.15) is 0 Å². The van der Waals surface area contributed by atoms with E-state index in [1.54, 1.807) is 7.11 Å². The number of aromatic nitrogens is 1. The van der Waals surface area contributed by atoms with E-state index in [0.29, 0.717) is 32.5 Å². The molecule has 2 aromatic carbocycles. The Morgan fingerprint density at radius 3 is 2.70 bits per heavy atom. The van der Waals surface area contributed by atoms with Crippen molar-refractivity contribution in [2.75, 3.05) is 20.2 Å². The first-order valence-electron chi connectivity index (χ1n) is 10.1. The minimum atomic E-state index is -0.0723. The van der Waals surface area contributed by atoms with Crippen molar-refractivity contribution < 1.29 is 9.53 Å². The standard InChI is InChI=1S/C23H29N5O2/c1-30-19-10-8-17(9-11-19)16-28(22(29)7-4-13-26-23(24)25)14-12-18-15-27-21-6-3-2-5-20(18)21/h2-3,5-6,8-11,15,27H,4,7,12-14,16H2,1H3,(H4,24,25,26). The van der Waals surface area contributed by atoms with Gasteiger partial charge in [0, 0.05) is 43.2 Å². The van der Waals surface area contributed by atoms with Gasteiger partial charge in [0.05, 0.1) is 7.11 Å². The highest BCUT2D eigenvalue weighted by atomic mass is 16.5. The van der Waals surface area contributed by atoms with Crippen LogP contribution in [0.15, 0.2) is 54.7 Å². The number of H-pyrrole nitrogens is 1. The van der Waals surface area contributed by atoms with Crippen LogP contribution in [0.5, 0.6) is 5.75 Å². The molecule has 7 heteroatoms. The van der Waals surface area contributed by atoms with E-state index < -0.39 is 0 Å². The van der Waals surface area contributed by atoms with Crippen LogP contribution in [0.25, 0.3) is 10.9 Å². The molecule has 0 aliphatic heterocycles. The van der Waals surface area contributed by atoms with E-state index in [2.05, 4.69) is 22.4 Å². The number of para-hydroxylation sites is 1. The lowest BCUT2D eigenvalue weighted by atomic mass is 10.1. The summed E-state index contributed by atoms with van der Waals surface area (Å²) in [6.07, 6.45) is 3.84. The molecule has 0 atom stereocenters. The van der Waals surface area contributed by atoms with E-state index in [4.69, 9.17) is 15.9 Å². The highest BCUT2D eigenvalue weighted by molar-refractivity contribution is 5.83. The van der Waals surface area contributed by atoms with Gasteiger partial charge < -0.3 is 25.7 Å². The van der Waals surface area contributed by atoms with Gasteiger partial charge in [-0.05, 0) is 42.2 Å². The number of nitrogens with two attached hydrogens (primary N) is 1. The summed E-state index contributed by atoms with van der Waals surface area (Å²) < 4.78 is 5.23. The fourth-order valence-corrected chi connectivity index (χ4v) is 3.46. The Hall–Kier alpha value is -3.48. The van der Waals surface area contributed by atoms with Gasteiger partial charge in [-0.25, -0.2) is 0 Å². The number of rotatable bonds is 10. The van der Waals surface area contributed by atoms with E-state index in [0.717, 1.165) is 23.3 Å². The lowest BCUT2D eigenvalue weighted by Crippen LogP contribution is -2.34. The van der Waals surface area contributed by atoms with Crippen LogP contribution in [-0.2, 0) is 17.8 Å². The summed E-state index contributed by atoms with van der Waals surface area (Å²) in [7, 11) is 1.64. The zero-order valence-corrected chi connectivity index (χ0v) is 17.3. The molecule has 1 heterocycles. The molecule has 5 N–H and O–H groups in total. The van der Waals surface area contributed by atoms with Gasteiger partial charge in [-0.3, -0.25) is 10.2 Å². The van der Waals surface area contributed by atoms with E-state index in [-0.39, 0.29) is 11.9 Å². The fourth-order valence-electron chi connectivity index (χ4n) is 3.46. The van der Waals surface area contributed by atoms with Crippen molar-refractivity contribution in [2.45, 2.75) is 25.8 Å². The molecule has 1 amide bonds. The van der Waals surface area contributed by atoms with Crippen molar-refractivity contribution in [1.82, 2.24) is 15.2 Å². The maximum Gasteiger partial charge on any atom is 0.222 e. The van der Waals surface area contributed by atoms with Crippen molar-refractivity contribution in [1.29, 1.82) is 5.41 Å². The lowest BCUT2D eigenvalue weighted by Gasteiger charge is -2.23. The van der Waals surface area contributed by atoms with Crippen LogP contribution in [0.3, 0.4) is 0 Å². The maximum atomic E-state index is 12.9. The van der Waals surface area contributed by atoms with E-state index in [1.165, 1.54) is 10.9 Å². The average molecular weight is 408 g/mol. The molecule has 0 spiro atoms. The summed E-state index contributed by atoms with van der Waals surface area (Å²) in [5.41, 5.74) is 8.68. The molecule has 0 aliphatic rings. The zero-order chi connectivity index (χ0) is 21.3. The third-order valence-corrected chi connectivity index (χ3v) is 5.09. The van der Waals surface area contributed by atoms with Gasteiger partial charge in [0.1, 0.15) is 5.75 Å². The molecule has 7 nitrogen and oxygen atoms in total. The Morgan fingerprint density at radius 2 is 1.97 bits per heavy atom. The molecule has 3 aromatic rings. The number of fused-ring (bicyclic) bond motifs is 1. The number of nitrogens with one attached hydrogen (secondary N) is 3. The minimum absolute atomic E-state index is 0.0723. The van der Waals surface area contributed by atoms with Gasteiger partial charge in [0.25, 0.3) is 0 Å². The van der Waals surface area contributed by atoms with Crippen LogP contribution in [0, 0.1) is 5.41 Å². The van der Waals surface area contributed by atoms with Crippen LogP contribution < -0.4 is 15.8 Å². The van der Waals surface area contributed by atoms with Gasteiger partial charge in [0.2, 0.25) is 5.91 Å². The molecule has 3 rings (SSSR count). The number of nitrogens with zero attached hydrogens (tertiary/aromatic N) is 1. The Balaban J connectivity index is 1.67. The van der Waals surface area contributed by atoms with Crippen LogP contribution in [0.2, 0.25) is 0 Å². The molecule has 0 unspecified atom stereocenters. The normalized spacial score (nSPS) is 10.7. The number of hydrogen-bond acceptors (Lipinski definition) is 3. The van der Waals surface area contributed by atoms with Crippen molar-refractivity contribution in [3.63, 3.8) is 0 Å². The first-order chi connectivity index (χ1) is 14.6. The number of aromatic amines is 1. The Bertz CT molecular complexity index is 981. The second-order valence-corrected chi connectivity index (χ2v) is 7.22. The van der Waals surface area contributed by atoms with Crippen molar-refractivity contribution in [3.8, 4) is 5.75 Å². The third kappa shape index (κ3) is 5.76. The lowest BCUT2D eigenvalue weighted by molar-refractivity contribution is -0.131. The number of guanidine groups is 1. The Kier molecular flexibility index (Phi) is 7.32. The zero-order valence-electron chi connectivity index (χ0n) is 17.3. The maximum absolute atomic E-state index is 12.9. The highest BCUT2D eigenvalue weighted by Gasteiger charge is 2.15. The molecule has 0 bridgehead atoms. The Morgan fingerprint density at radius 1 is 1.20 bits per heavy atom. The molecule has 30 heavy (non-hydrogen) atoms. The number of ether oxygens (including phenoxy) is 1. The summed E-state index contributed by atoms with van der Waals surface area (Å²) in [5.74, 6) is 0.818. The summed E-state index contributed by atoms with van der Waals surface area (Å²) in [5, 5.41) is 11.2. The van der Waals surface area contributed by atoms with Crippen molar-refractivity contribution >= 4 is 22.8 Å². The number of amides is 1. The van der Waals surface area contributed by atoms with E-state index in [9.17, 15) is 4.79 Å². The molecule has 0 saturated carbocycles. The van der Waals surface area contributed by atoms with Crippen LogP contribution in [-0.4, -0.2) is 41.9 Å². The quantitative estimate of drug-likeness (QED) is 0.235. The second kappa shape index (κ2) is 10.3. The highest BCUT2D eigenvalue weighted by Crippen LogP contribution is 2.19. The first kappa shape index (κ1) is 21.2. The molecular formula is C23H29N5O2. The summed E-state index contributed by atoms with van der Waals surface area (Å²) in [4.78, 5) is 18.1. The van der Waals surface area contributed by atoms with Crippen LogP contribution in [0.1, 0.15) is 24.0 Å². The number of methoxy groups -OCH3 is 1. The Labute approximate surface area is 176 Å². The molecule has 0 saturated heterocycles. The number of hydrogen-bond donors (Lipinski definition) is 4. The van der Waals surface area contributed by atoms with Gasteiger partial charge in [-0.15, -0.1) is 0 Å². The van der Waals surface area contributed by atoms with E-state index in [1.807, 2.05) is 47.5 Å². The summed E-state index contributed by atoms with van der Waals surface area (Å²) >= 11 is 0. The van der Waals surface area contributed by atoms with Crippen molar-refractivity contribution in [3.05, 3.63) is 65.9 Å². The molecule has 1 aromatic heterocycles. The van der Waals surface area contributed by atoms with Gasteiger partial charge in [-0.1, -0.05) is 30.3 Å². The molecule has 0 aliphatic carbocycles. The largest absolute Gasteiger partial charge is 0.497 e. The SMILES string of the molecule is COc1ccc(CN(CCc2c[nH]c3ccccc23)C(=O)CCCNC(=N)N)cc1. The molecule has 158 valence electrons. The third-order valence-electron chi connectivity index (χ3n) is 5.09. The second-order valence-electron chi connectivity index (χ2n) is 7.22. The smallest absolute Gasteiger partial charge is 0.222 e. The molecule has 0 fully saturated rings. The van der Waals surface area contributed by atoms with Crippen LogP contribution in [0.4, 0.5) is 0 Å². The minimum Gasteiger partial charge on any atom is -0.497 e. The van der Waals surface area contributed by atoms with Gasteiger partial charge >= 0.3 is 0 Å². The van der Waals surface area contributed by atoms with E-state index >= 15 is 0 Å². The molecular weight excluding hydrogens is 378 g/mol. The monoisotopic (exact) mass is 407 g/mol. The topological polar surface area (TPSA) is 107 Å². The summed E-state index contributed by atoms with van der Waals surface area (Å²) in [6, 6.07) is 16.0. The van der Waals surface area contributed by atoms with Gasteiger partial charge in [0.15, 0.2) is 5.96 Å². The fraction of sp³-hybridized carbons (Fsp3) is 0.304. The number of carbonyl (C=O) groups is 1. The molecule has 0 radical (unpaired) electrons. The van der Waals surface area contributed by atoms with Crippen LogP contribution >= 0.6 is 0 Å². The first-order valence-corrected chi connectivity index (χ1v) is 10.1. The summed E-state index contributed by atoms with van der Waals surface area (Å²) in [6.45, 7) is 1.69. The number of benzene rings is 2. The predicted octanol–water partition coefficient (Wildman–Crippen LogP) is 3.01. The van der Waals surface area contributed by atoms with Crippen molar-refractivity contribution in [2.24, 2.45) is 5.73 Å². The average Bonchev–Trinajstić information content (AvgIpc) is 3.17.